The van der Waals surface area contributed by atoms with Crippen LogP contribution < -0.4 is 5.32 Å². The Bertz CT molecular complexity index is 675. The van der Waals surface area contributed by atoms with Crippen LogP contribution in [-0.4, -0.2) is 65.8 Å². The lowest BCUT2D eigenvalue weighted by atomic mass is 10.2. The maximum absolute atomic E-state index is 12.5. The Labute approximate surface area is 150 Å². The summed E-state index contributed by atoms with van der Waals surface area (Å²) >= 11 is 2.72. The van der Waals surface area contributed by atoms with E-state index >= 15 is 0 Å². The fourth-order valence-electron chi connectivity index (χ4n) is 2.48. The largest absolute Gasteiger partial charge is 0.357 e. The topological polar surface area (TPSA) is 92.3 Å². The molecule has 0 aromatic carbocycles. The van der Waals surface area contributed by atoms with Crippen LogP contribution in [0.2, 0.25) is 0 Å². The molecule has 1 aromatic heterocycles. The summed E-state index contributed by atoms with van der Waals surface area (Å²) in [6, 6.07) is -0.192. The van der Waals surface area contributed by atoms with E-state index in [1.54, 1.807) is 11.0 Å². The Morgan fingerprint density at radius 1 is 1.54 bits per heavy atom. The maximum atomic E-state index is 12.5. The molecule has 0 radical (unpaired) electrons. The normalized spacial score (nSPS) is 19.1. The predicted octanol–water partition coefficient (Wildman–Crippen LogP) is 1.65. The van der Waals surface area contributed by atoms with Crippen molar-refractivity contribution in [1.82, 2.24) is 15.1 Å². The third-order valence-corrected chi connectivity index (χ3v) is 7.31. The zero-order chi connectivity index (χ0) is 17.6. The van der Waals surface area contributed by atoms with E-state index in [-0.39, 0.29) is 29.2 Å². The summed E-state index contributed by atoms with van der Waals surface area (Å²) in [5.41, 5.74) is 0. The van der Waals surface area contributed by atoms with Crippen molar-refractivity contribution < 1.29 is 13.2 Å². The zero-order valence-electron chi connectivity index (χ0n) is 13.6. The van der Waals surface area contributed by atoms with E-state index < -0.39 is 9.84 Å². The molecule has 1 saturated heterocycles. The lowest BCUT2D eigenvalue weighted by Gasteiger charge is -2.27. The molecule has 1 fully saturated rings. The highest BCUT2D eigenvalue weighted by molar-refractivity contribution is 8.01. The summed E-state index contributed by atoms with van der Waals surface area (Å²) in [6.07, 6.45) is 3.07. The van der Waals surface area contributed by atoms with Crippen LogP contribution in [-0.2, 0) is 14.6 Å². The number of carbonyl (C=O) groups is 1. The second kappa shape index (κ2) is 8.82. The Morgan fingerprint density at radius 2 is 2.33 bits per heavy atom. The predicted molar refractivity (Wildman–Crippen MR) is 98.4 cm³/mol. The van der Waals surface area contributed by atoms with Gasteiger partial charge < -0.3 is 10.2 Å². The number of nitrogens with one attached hydrogen (secondary N) is 1. The second-order valence-corrected chi connectivity index (χ2v) is 9.90. The van der Waals surface area contributed by atoms with Gasteiger partial charge in [-0.05, 0) is 12.8 Å². The molecule has 1 atom stereocenters. The minimum absolute atomic E-state index is 0.0419. The lowest BCUT2D eigenvalue weighted by molar-refractivity contribution is -0.130. The summed E-state index contributed by atoms with van der Waals surface area (Å²) in [6.45, 7) is 6.80. The third kappa shape index (κ3) is 5.45. The lowest BCUT2D eigenvalue weighted by Crippen LogP contribution is -2.42. The summed E-state index contributed by atoms with van der Waals surface area (Å²) < 4.78 is 24.0. The van der Waals surface area contributed by atoms with Crippen LogP contribution in [0.15, 0.2) is 17.0 Å². The molecule has 1 aromatic rings. The SMILES string of the molecule is C=CCNc1nnc(SCC(=O)N(CCC)[C@@H]2CCS(=O)(=O)C2)s1. The van der Waals surface area contributed by atoms with Crippen molar-refractivity contribution in [2.45, 2.75) is 30.1 Å². The van der Waals surface area contributed by atoms with E-state index in [0.717, 1.165) is 6.42 Å². The Balaban J connectivity index is 1.91. The molecule has 24 heavy (non-hydrogen) atoms. The molecule has 2 heterocycles. The molecule has 7 nitrogen and oxygen atoms in total. The number of carbonyl (C=O) groups excluding carboxylic acids is 1. The van der Waals surface area contributed by atoms with Crippen LogP contribution >= 0.6 is 23.1 Å². The molecule has 0 bridgehead atoms. The summed E-state index contributed by atoms with van der Waals surface area (Å²) in [7, 11) is -3.00. The molecule has 0 saturated carbocycles. The molecule has 1 aliphatic heterocycles. The number of rotatable bonds is 9. The molecular formula is C14H22N4O3S3. The molecule has 2 rings (SSSR count). The molecule has 1 aliphatic rings. The van der Waals surface area contributed by atoms with Crippen LogP contribution in [0, 0.1) is 0 Å². The highest BCUT2D eigenvalue weighted by atomic mass is 32.2. The van der Waals surface area contributed by atoms with Gasteiger partial charge in [0, 0.05) is 19.1 Å². The Morgan fingerprint density at radius 3 is 2.96 bits per heavy atom. The third-order valence-electron chi connectivity index (χ3n) is 3.56. The fourth-order valence-corrected chi connectivity index (χ4v) is 5.85. The first-order valence-electron chi connectivity index (χ1n) is 7.76. The molecule has 0 unspecified atom stereocenters. The Hall–Kier alpha value is -1.13. The molecule has 0 spiro atoms. The van der Waals surface area contributed by atoms with Crippen LogP contribution in [0.3, 0.4) is 0 Å². The van der Waals surface area contributed by atoms with Gasteiger partial charge in [0.2, 0.25) is 11.0 Å². The van der Waals surface area contributed by atoms with Crippen LogP contribution in [0.5, 0.6) is 0 Å². The van der Waals surface area contributed by atoms with Crippen molar-refractivity contribution in [2.24, 2.45) is 0 Å². The molecular weight excluding hydrogens is 368 g/mol. The van der Waals surface area contributed by atoms with Crippen molar-refractivity contribution in [2.75, 3.05) is 35.7 Å². The van der Waals surface area contributed by atoms with E-state index in [0.29, 0.717) is 29.0 Å². The van der Waals surface area contributed by atoms with E-state index in [1.807, 2.05) is 6.92 Å². The van der Waals surface area contributed by atoms with Gasteiger partial charge in [0.1, 0.15) is 0 Å². The van der Waals surface area contributed by atoms with Gasteiger partial charge in [-0.3, -0.25) is 4.79 Å². The second-order valence-electron chi connectivity index (χ2n) is 5.48. The van der Waals surface area contributed by atoms with Gasteiger partial charge in [-0.25, -0.2) is 8.42 Å². The van der Waals surface area contributed by atoms with E-state index in [4.69, 9.17) is 0 Å². The molecule has 10 heteroatoms. The number of hydrogen-bond donors (Lipinski definition) is 1. The summed E-state index contributed by atoms with van der Waals surface area (Å²) in [5.74, 6) is 0.456. The van der Waals surface area contributed by atoms with Gasteiger partial charge in [0.15, 0.2) is 14.2 Å². The number of nitrogens with zero attached hydrogens (tertiary/aromatic N) is 3. The van der Waals surface area contributed by atoms with Crippen LogP contribution in [0.1, 0.15) is 19.8 Å². The van der Waals surface area contributed by atoms with Gasteiger partial charge in [0.05, 0.1) is 17.3 Å². The molecule has 1 amide bonds. The van der Waals surface area contributed by atoms with E-state index in [2.05, 4.69) is 22.1 Å². The van der Waals surface area contributed by atoms with Crippen molar-refractivity contribution in [3.63, 3.8) is 0 Å². The fraction of sp³-hybridized carbons (Fsp3) is 0.643. The first-order chi connectivity index (χ1) is 11.4. The smallest absolute Gasteiger partial charge is 0.233 e. The molecule has 1 N–H and O–H groups in total. The minimum atomic E-state index is -3.00. The highest BCUT2D eigenvalue weighted by Crippen LogP contribution is 2.26. The quantitative estimate of drug-likeness (QED) is 0.506. The summed E-state index contributed by atoms with van der Waals surface area (Å²) in [5, 5.41) is 11.8. The molecule has 0 aliphatic carbocycles. The van der Waals surface area contributed by atoms with Gasteiger partial charge >= 0.3 is 0 Å². The monoisotopic (exact) mass is 390 g/mol. The minimum Gasteiger partial charge on any atom is -0.357 e. The van der Waals surface area contributed by atoms with Crippen molar-refractivity contribution in [1.29, 1.82) is 0 Å². The zero-order valence-corrected chi connectivity index (χ0v) is 16.1. The van der Waals surface area contributed by atoms with Crippen molar-refractivity contribution in [3.05, 3.63) is 12.7 Å². The maximum Gasteiger partial charge on any atom is 0.233 e. The Kier molecular flexibility index (Phi) is 7.05. The number of amides is 1. The number of thioether (sulfide) groups is 1. The summed E-state index contributed by atoms with van der Waals surface area (Å²) in [4.78, 5) is 14.2. The molecule has 134 valence electrons. The first-order valence-corrected chi connectivity index (χ1v) is 11.4. The number of anilines is 1. The number of sulfone groups is 1. The first kappa shape index (κ1) is 19.2. The van der Waals surface area contributed by atoms with Gasteiger partial charge in [-0.15, -0.1) is 16.8 Å². The number of hydrogen-bond acceptors (Lipinski definition) is 8. The number of aromatic nitrogens is 2. The van der Waals surface area contributed by atoms with Crippen molar-refractivity contribution in [3.8, 4) is 0 Å². The average Bonchev–Trinajstić information content (AvgIpc) is 3.14. The standard InChI is InChI=1S/C14H22N4O3S3/c1-3-6-15-13-16-17-14(23-13)22-9-12(19)18(7-4-2)11-5-8-24(20,21)10-11/h3,11H,1,4-10H2,2H3,(H,15,16)/t11-/m1/s1. The van der Waals surface area contributed by atoms with E-state index in [9.17, 15) is 13.2 Å². The average molecular weight is 391 g/mol. The van der Waals surface area contributed by atoms with Crippen molar-refractivity contribution >= 4 is 44.0 Å². The van der Waals surface area contributed by atoms with Gasteiger partial charge in [0.25, 0.3) is 0 Å². The van der Waals surface area contributed by atoms with Crippen LogP contribution in [0.4, 0.5) is 5.13 Å². The van der Waals surface area contributed by atoms with Crippen LogP contribution in [0.25, 0.3) is 0 Å². The van der Waals surface area contributed by atoms with Gasteiger partial charge in [-0.1, -0.05) is 36.1 Å². The van der Waals surface area contributed by atoms with Gasteiger partial charge in [-0.2, -0.15) is 0 Å². The van der Waals surface area contributed by atoms with E-state index in [1.165, 1.54) is 23.1 Å². The highest BCUT2D eigenvalue weighted by Gasteiger charge is 2.34.